The molecule has 0 saturated heterocycles. The van der Waals surface area contributed by atoms with E-state index in [4.69, 9.17) is 4.74 Å². The molecule has 0 aliphatic heterocycles. The first kappa shape index (κ1) is 15.5. The number of hydrogen-bond donors (Lipinski definition) is 1. The Morgan fingerprint density at radius 1 is 1.31 bits per heavy atom. The van der Waals surface area contributed by atoms with Crippen molar-refractivity contribution < 1.29 is 4.74 Å². The summed E-state index contributed by atoms with van der Waals surface area (Å²) in [7, 11) is 0. The van der Waals surface area contributed by atoms with Crippen molar-refractivity contribution in [3.05, 3.63) is 0 Å². The van der Waals surface area contributed by atoms with Crippen molar-refractivity contribution in [3.8, 4) is 11.8 Å². The number of nitrogens with one attached hydrogen (secondary N) is 1. The van der Waals surface area contributed by atoms with E-state index in [0.29, 0.717) is 6.04 Å². The minimum Gasteiger partial charge on any atom is -0.374 e. The van der Waals surface area contributed by atoms with Gasteiger partial charge in [-0.25, -0.2) is 0 Å². The van der Waals surface area contributed by atoms with Crippen LogP contribution in [0.5, 0.6) is 0 Å². The molecule has 16 heavy (non-hydrogen) atoms. The Morgan fingerprint density at radius 2 is 2.00 bits per heavy atom. The molecule has 0 rings (SSSR count). The molecule has 2 heteroatoms. The molecule has 0 fully saturated rings. The molecule has 1 unspecified atom stereocenters. The van der Waals surface area contributed by atoms with E-state index in [9.17, 15) is 0 Å². The lowest BCUT2D eigenvalue weighted by molar-refractivity contribution is -0.0151. The third-order valence-electron chi connectivity index (χ3n) is 2.20. The molecular weight excluding hydrogens is 198 g/mol. The van der Waals surface area contributed by atoms with Crippen LogP contribution in [0.2, 0.25) is 0 Å². The van der Waals surface area contributed by atoms with Gasteiger partial charge in [-0.1, -0.05) is 6.92 Å². The molecule has 94 valence electrons. The summed E-state index contributed by atoms with van der Waals surface area (Å²) in [6.07, 6.45) is 3.17. The lowest BCUT2D eigenvalue weighted by Crippen LogP contribution is -2.37. The fraction of sp³-hybridized carbons (Fsp3) is 0.857. The van der Waals surface area contributed by atoms with Crippen molar-refractivity contribution in [2.24, 2.45) is 0 Å². The van der Waals surface area contributed by atoms with E-state index >= 15 is 0 Å². The largest absolute Gasteiger partial charge is 0.374 e. The summed E-state index contributed by atoms with van der Waals surface area (Å²) in [5.74, 6) is 6.04. The van der Waals surface area contributed by atoms with Crippen LogP contribution >= 0.6 is 0 Å². The maximum atomic E-state index is 5.81. The van der Waals surface area contributed by atoms with Crippen molar-refractivity contribution in [3.63, 3.8) is 0 Å². The molecule has 0 saturated carbocycles. The molecule has 0 bridgehead atoms. The van der Waals surface area contributed by atoms with Crippen LogP contribution in [0.1, 0.15) is 53.9 Å². The smallest absolute Gasteiger partial charge is 0.0627 e. The molecule has 0 aliphatic carbocycles. The molecule has 0 spiro atoms. The molecule has 0 amide bonds. The summed E-state index contributed by atoms with van der Waals surface area (Å²) in [4.78, 5) is 0. The zero-order chi connectivity index (χ0) is 12.4. The summed E-state index contributed by atoms with van der Waals surface area (Å²) in [6.45, 7) is 12.2. The molecule has 0 radical (unpaired) electrons. The Morgan fingerprint density at radius 3 is 2.50 bits per heavy atom. The quantitative estimate of drug-likeness (QED) is 0.673. The SMILES string of the molecule is CC#CCCC(COC(C)(C)C)NCCC. The molecule has 0 heterocycles. The minimum atomic E-state index is -0.0530. The molecule has 0 aliphatic rings. The van der Waals surface area contributed by atoms with E-state index in [0.717, 1.165) is 32.4 Å². The predicted molar refractivity (Wildman–Crippen MR) is 70.5 cm³/mol. The second kappa shape index (κ2) is 8.61. The van der Waals surface area contributed by atoms with Crippen LogP contribution in [0.4, 0.5) is 0 Å². The van der Waals surface area contributed by atoms with Gasteiger partial charge in [0.1, 0.15) is 0 Å². The normalized spacial score (nSPS) is 13.1. The molecule has 1 atom stereocenters. The van der Waals surface area contributed by atoms with Gasteiger partial charge < -0.3 is 10.1 Å². The van der Waals surface area contributed by atoms with Gasteiger partial charge in [-0.05, 0) is 47.1 Å². The van der Waals surface area contributed by atoms with Crippen LogP contribution in [-0.2, 0) is 4.74 Å². The fourth-order valence-electron chi connectivity index (χ4n) is 1.31. The lowest BCUT2D eigenvalue weighted by Gasteiger charge is -2.24. The minimum absolute atomic E-state index is 0.0530. The van der Waals surface area contributed by atoms with Crippen LogP contribution < -0.4 is 5.32 Å². The fourth-order valence-corrected chi connectivity index (χ4v) is 1.31. The maximum Gasteiger partial charge on any atom is 0.0627 e. The first-order chi connectivity index (χ1) is 7.49. The van der Waals surface area contributed by atoms with E-state index in [1.165, 1.54) is 0 Å². The summed E-state index contributed by atoms with van der Waals surface area (Å²) < 4.78 is 5.81. The van der Waals surface area contributed by atoms with Crippen molar-refractivity contribution in [1.82, 2.24) is 5.32 Å². The Hall–Kier alpha value is -0.520. The molecule has 0 aromatic rings. The highest BCUT2D eigenvalue weighted by Crippen LogP contribution is 2.09. The van der Waals surface area contributed by atoms with Gasteiger partial charge >= 0.3 is 0 Å². The van der Waals surface area contributed by atoms with Gasteiger partial charge in [0.2, 0.25) is 0 Å². The topological polar surface area (TPSA) is 21.3 Å². The van der Waals surface area contributed by atoms with Gasteiger partial charge in [-0.3, -0.25) is 0 Å². The van der Waals surface area contributed by atoms with Gasteiger partial charge in [-0.2, -0.15) is 0 Å². The zero-order valence-corrected chi connectivity index (χ0v) is 11.5. The monoisotopic (exact) mass is 225 g/mol. The Labute approximate surface area is 101 Å². The third kappa shape index (κ3) is 10.0. The molecular formula is C14H27NO. The average Bonchev–Trinajstić information content (AvgIpc) is 2.20. The number of ether oxygens (including phenoxy) is 1. The molecule has 1 N–H and O–H groups in total. The second-order valence-corrected chi connectivity index (χ2v) is 5.04. The average molecular weight is 225 g/mol. The number of rotatable bonds is 7. The van der Waals surface area contributed by atoms with Crippen LogP contribution in [0.3, 0.4) is 0 Å². The van der Waals surface area contributed by atoms with E-state index in [1.54, 1.807) is 0 Å². The van der Waals surface area contributed by atoms with Crippen LogP contribution in [-0.4, -0.2) is 24.8 Å². The highest BCUT2D eigenvalue weighted by Gasteiger charge is 2.14. The third-order valence-corrected chi connectivity index (χ3v) is 2.20. The highest BCUT2D eigenvalue weighted by atomic mass is 16.5. The van der Waals surface area contributed by atoms with Gasteiger partial charge in [-0.15, -0.1) is 11.8 Å². The maximum absolute atomic E-state index is 5.81. The van der Waals surface area contributed by atoms with Gasteiger partial charge in [0.15, 0.2) is 0 Å². The van der Waals surface area contributed by atoms with E-state index in [1.807, 2.05) is 6.92 Å². The standard InChI is InChI=1S/C14H27NO/c1-6-8-9-10-13(15-11-7-2)12-16-14(3,4)5/h13,15H,7,9-12H2,1-5H3. The first-order valence-corrected chi connectivity index (χ1v) is 6.26. The van der Waals surface area contributed by atoms with Crippen molar-refractivity contribution in [2.45, 2.75) is 65.5 Å². The van der Waals surface area contributed by atoms with Crippen molar-refractivity contribution >= 4 is 0 Å². The molecule has 0 aromatic carbocycles. The van der Waals surface area contributed by atoms with Crippen molar-refractivity contribution in [2.75, 3.05) is 13.2 Å². The summed E-state index contributed by atoms with van der Waals surface area (Å²) >= 11 is 0. The second-order valence-electron chi connectivity index (χ2n) is 5.04. The van der Waals surface area contributed by atoms with Crippen LogP contribution in [0.15, 0.2) is 0 Å². The van der Waals surface area contributed by atoms with Crippen molar-refractivity contribution in [1.29, 1.82) is 0 Å². The zero-order valence-electron chi connectivity index (χ0n) is 11.5. The van der Waals surface area contributed by atoms with Crippen LogP contribution in [0.25, 0.3) is 0 Å². The Bertz CT molecular complexity index is 219. The van der Waals surface area contributed by atoms with Crippen LogP contribution in [0, 0.1) is 11.8 Å². The predicted octanol–water partition coefficient (Wildman–Crippen LogP) is 2.97. The summed E-state index contributed by atoms with van der Waals surface area (Å²) in [6, 6.07) is 0.431. The van der Waals surface area contributed by atoms with Gasteiger partial charge in [0, 0.05) is 12.5 Å². The molecule has 0 aromatic heterocycles. The highest BCUT2D eigenvalue weighted by molar-refractivity contribution is 4.95. The van der Waals surface area contributed by atoms with Gasteiger partial charge in [0.05, 0.1) is 12.2 Å². The first-order valence-electron chi connectivity index (χ1n) is 6.26. The lowest BCUT2D eigenvalue weighted by atomic mass is 10.1. The summed E-state index contributed by atoms with van der Waals surface area (Å²) in [5, 5.41) is 3.51. The van der Waals surface area contributed by atoms with E-state index in [-0.39, 0.29) is 5.60 Å². The molecule has 2 nitrogen and oxygen atoms in total. The van der Waals surface area contributed by atoms with Gasteiger partial charge in [0.25, 0.3) is 0 Å². The van der Waals surface area contributed by atoms with E-state index in [2.05, 4.69) is 44.9 Å². The number of hydrogen-bond acceptors (Lipinski definition) is 2. The summed E-state index contributed by atoms with van der Waals surface area (Å²) in [5.41, 5.74) is -0.0530. The van der Waals surface area contributed by atoms with E-state index < -0.39 is 0 Å². The Balaban J connectivity index is 3.92. The Kier molecular flexibility index (Phi) is 8.33.